The lowest BCUT2D eigenvalue weighted by atomic mass is 9.71. The van der Waals surface area contributed by atoms with Crippen molar-refractivity contribution < 1.29 is 19.5 Å². The van der Waals surface area contributed by atoms with Gasteiger partial charge in [-0.05, 0) is 30.2 Å². The van der Waals surface area contributed by atoms with E-state index in [1.807, 2.05) is 71.9 Å². The fraction of sp³-hybridized carbons (Fsp3) is 0.607. The highest BCUT2D eigenvalue weighted by Crippen LogP contribution is 2.34. The fourth-order valence-corrected chi connectivity index (χ4v) is 4.41. The number of rotatable bonds is 10. The Bertz CT molecular complexity index is 881. The Morgan fingerprint density at radius 2 is 1.59 bits per heavy atom. The third-order valence-electron chi connectivity index (χ3n) is 6.75. The molecular weight excluding hydrogens is 428 g/mol. The summed E-state index contributed by atoms with van der Waals surface area (Å²) in [5, 5.41) is 12.4. The van der Waals surface area contributed by atoms with Crippen molar-refractivity contribution in [1.82, 2.24) is 10.2 Å². The van der Waals surface area contributed by atoms with Gasteiger partial charge in [0.25, 0.3) is 0 Å². The Morgan fingerprint density at radius 1 is 1.06 bits per heavy atom. The monoisotopic (exact) mass is 472 g/mol. The number of aliphatic carboxylic acids is 1. The summed E-state index contributed by atoms with van der Waals surface area (Å²) in [6.07, 6.45) is 2.24. The summed E-state index contributed by atoms with van der Waals surface area (Å²) < 4.78 is 0. The van der Waals surface area contributed by atoms with E-state index < -0.39 is 28.9 Å². The van der Waals surface area contributed by atoms with Crippen LogP contribution in [-0.2, 0) is 19.8 Å². The molecule has 0 heterocycles. The maximum absolute atomic E-state index is 13.7. The molecule has 0 spiro atoms. The molecule has 0 saturated heterocycles. The third kappa shape index (κ3) is 7.18. The first-order valence-corrected chi connectivity index (χ1v) is 12.1. The van der Waals surface area contributed by atoms with E-state index in [1.54, 1.807) is 18.0 Å². The van der Waals surface area contributed by atoms with Crippen LogP contribution in [0.4, 0.5) is 0 Å². The van der Waals surface area contributed by atoms with Gasteiger partial charge in [0.1, 0.15) is 6.04 Å². The van der Waals surface area contributed by atoms with Crippen LogP contribution in [0.25, 0.3) is 0 Å². The lowest BCUT2D eigenvalue weighted by Gasteiger charge is -2.39. The van der Waals surface area contributed by atoms with E-state index in [9.17, 15) is 19.5 Å². The van der Waals surface area contributed by atoms with Crippen LogP contribution in [0, 0.1) is 17.3 Å². The van der Waals surface area contributed by atoms with E-state index in [2.05, 4.69) is 19.2 Å². The third-order valence-corrected chi connectivity index (χ3v) is 6.75. The normalized spacial score (nSPS) is 15.4. The minimum absolute atomic E-state index is 0.0000239. The molecule has 1 rings (SSSR count). The summed E-state index contributed by atoms with van der Waals surface area (Å²) >= 11 is 0. The van der Waals surface area contributed by atoms with E-state index in [0.29, 0.717) is 6.42 Å². The van der Waals surface area contributed by atoms with Crippen molar-refractivity contribution in [3.05, 3.63) is 47.5 Å². The van der Waals surface area contributed by atoms with Crippen LogP contribution < -0.4 is 5.32 Å². The smallest absolute Gasteiger partial charge is 0.331 e. The van der Waals surface area contributed by atoms with Crippen LogP contribution >= 0.6 is 0 Å². The maximum atomic E-state index is 13.7. The molecule has 34 heavy (non-hydrogen) atoms. The molecule has 1 aromatic rings. The van der Waals surface area contributed by atoms with Crippen LogP contribution in [0.3, 0.4) is 0 Å². The minimum Gasteiger partial charge on any atom is -0.478 e. The highest BCUT2D eigenvalue weighted by atomic mass is 16.4. The van der Waals surface area contributed by atoms with Crippen molar-refractivity contribution in [2.24, 2.45) is 17.3 Å². The predicted octanol–water partition coefficient (Wildman–Crippen LogP) is 5.04. The summed E-state index contributed by atoms with van der Waals surface area (Å²) in [6, 6.07) is 8.78. The van der Waals surface area contributed by atoms with Crippen LogP contribution in [-0.4, -0.2) is 46.9 Å². The van der Waals surface area contributed by atoms with Gasteiger partial charge in [-0.3, -0.25) is 9.59 Å². The Hall–Kier alpha value is -2.63. The summed E-state index contributed by atoms with van der Waals surface area (Å²) in [6.45, 7) is 17.3. The quantitative estimate of drug-likeness (QED) is 0.467. The van der Waals surface area contributed by atoms with E-state index in [1.165, 1.54) is 6.92 Å². The van der Waals surface area contributed by atoms with Gasteiger partial charge in [-0.25, -0.2) is 4.79 Å². The average Bonchev–Trinajstić information content (AvgIpc) is 2.74. The molecule has 0 aliphatic rings. The summed E-state index contributed by atoms with van der Waals surface area (Å²) in [7, 11) is 1.68. The zero-order valence-corrected chi connectivity index (χ0v) is 22.6. The van der Waals surface area contributed by atoms with Crippen molar-refractivity contribution in [3.8, 4) is 0 Å². The summed E-state index contributed by atoms with van der Waals surface area (Å²) in [4.78, 5) is 40.2. The summed E-state index contributed by atoms with van der Waals surface area (Å²) in [5.41, 5.74) is 0.301. The predicted molar refractivity (Wildman–Crippen MR) is 137 cm³/mol. The number of benzene rings is 1. The first-order valence-electron chi connectivity index (χ1n) is 12.1. The second kappa shape index (κ2) is 11.7. The topological polar surface area (TPSA) is 86.7 Å². The first-order chi connectivity index (χ1) is 15.5. The van der Waals surface area contributed by atoms with Crippen molar-refractivity contribution in [1.29, 1.82) is 0 Å². The number of hydrogen-bond donors (Lipinski definition) is 2. The van der Waals surface area contributed by atoms with Gasteiger partial charge in [-0.15, -0.1) is 0 Å². The Kier molecular flexibility index (Phi) is 10.1. The zero-order valence-electron chi connectivity index (χ0n) is 22.6. The molecule has 0 aliphatic carbocycles. The number of nitrogens with zero attached hydrogens (tertiary/aromatic N) is 1. The highest BCUT2D eigenvalue weighted by Gasteiger charge is 2.41. The van der Waals surface area contributed by atoms with Crippen molar-refractivity contribution in [2.75, 3.05) is 7.05 Å². The van der Waals surface area contributed by atoms with Gasteiger partial charge < -0.3 is 15.3 Å². The number of carboxylic acid groups (broad SMARTS) is 1. The molecule has 0 fully saturated rings. The SMILES string of the molecule is CCC(C(=O)N[C@H](C(=O)N(C)[C@H](/C=C(\C)C(=O)O)C(C)C)C(C)(C)C)C(C)(C)c1ccccc1. The molecule has 0 aromatic heterocycles. The zero-order chi connectivity index (χ0) is 26.4. The Balaban J connectivity index is 3.29. The maximum Gasteiger partial charge on any atom is 0.331 e. The molecule has 2 N–H and O–H groups in total. The fourth-order valence-electron chi connectivity index (χ4n) is 4.41. The number of amides is 2. The van der Waals surface area contributed by atoms with Gasteiger partial charge in [0, 0.05) is 24.0 Å². The van der Waals surface area contributed by atoms with Gasteiger partial charge in [-0.2, -0.15) is 0 Å². The molecule has 3 atom stereocenters. The number of likely N-dealkylation sites (N-methyl/N-ethyl adjacent to an activating group) is 1. The van der Waals surface area contributed by atoms with E-state index in [4.69, 9.17) is 0 Å². The molecule has 1 aromatic carbocycles. The lowest BCUT2D eigenvalue weighted by Crippen LogP contribution is -2.58. The molecule has 6 nitrogen and oxygen atoms in total. The number of carbonyl (C=O) groups excluding carboxylic acids is 2. The van der Waals surface area contributed by atoms with Crippen molar-refractivity contribution in [3.63, 3.8) is 0 Å². The van der Waals surface area contributed by atoms with Crippen LogP contribution in [0.5, 0.6) is 0 Å². The van der Waals surface area contributed by atoms with Gasteiger partial charge in [0.2, 0.25) is 11.8 Å². The highest BCUT2D eigenvalue weighted by molar-refractivity contribution is 5.90. The molecule has 190 valence electrons. The first kappa shape index (κ1) is 29.4. The molecule has 0 bridgehead atoms. The lowest BCUT2D eigenvalue weighted by molar-refractivity contribution is -0.141. The van der Waals surface area contributed by atoms with Crippen molar-refractivity contribution in [2.45, 2.75) is 86.2 Å². The standard InChI is InChI=1S/C28H44N2O4/c1-11-21(28(8,9)20-15-13-12-14-16-20)24(31)29-23(27(5,6)7)25(32)30(10)22(18(2)3)17-19(4)26(33)34/h12-18,21-23H,11H2,1-10H3,(H,29,31)(H,33,34)/b19-17+/t21?,22-,23-/m1/s1. The van der Waals surface area contributed by atoms with E-state index in [-0.39, 0.29) is 29.2 Å². The summed E-state index contributed by atoms with van der Waals surface area (Å²) in [5.74, 6) is -1.73. The van der Waals surface area contributed by atoms with Gasteiger partial charge in [0.15, 0.2) is 0 Å². The molecule has 6 heteroatoms. The molecule has 2 amide bonds. The molecule has 1 unspecified atom stereocenters. The van der Waals surface area contributed by atoms with E-state index in [0.717, 1.165) is 5.56 Å². The van der Waals surface area contributed by atoms with Crippen LogP contribution in [0.15, 0.2) is 42.0 Å². The number of nitrogens with one attached hydrogen (secondary N) is 1. The Labute approximate surface area is 205 Å². The molecule has 0 aliphatic heterocycles. The average molecular weight is 473 g/mol. The van der Waals surface area contributed by atoms with Gasteiger partial charge in [0.05, 0.1) is 6.04 Å². The molecular formula is C28H44N2O4. The second-order valence-corrected chi connectivity index (χ2v) is 11.2. The van der Waals surface area contributed by atoms with Crippen LogP contribution in [0.1, 0.15) is 74.3 Å². The van der Waals surface area contributed by atoms with Crippen LogP contribution in [0.2, 0.25) is 0 Å². The molecule has 0 saturated carbocycles. The number of carboxylic acids is 1. The van der Waals surface area contributed by atoms with E-state index >= 15 is 0 Å². The number of hydrogen-bond acceptors (Lipinski definition) is 3. The largest absolute Gasteiger partial charge is 0.478 e. The number of carbonyl (C=O) groups is 3. The van der Waals surface area contributed by atoms with Crippen molar-refractivity contribution >= 4 is 17.8 Å². The molecule has 0 radical (unpaired) electrons. The minimum atomic E-state index is -1.01. The van der Waals surface area contributed by atoms with Gasteiger partial charge in [-0.1, -0.05) is 91.8 Å². The second-order valence-electron chi connectivity index (χ2n) is 11.2. The van der Waals surface area contributed by atoms with Gasteiger partial charge >= 0.3 is 5.97 Å². The Morgan fingerprint density at radius 3 is 2.00 bits per heavy atom.